The minimum atomic E-state index is 0.314. The van der Waals surface area contributed by atoms with Crippen LogP contribution in [0.4, 0.5) is 5.82 Å². The third-order valence-electron chi connectivity index (χ3n) is 3.69. The first-order chi connectivity index (χ1) is 8.77. The summed E-state index contributed by atoms with van der Waals surface area (Å²) in [7, 11) is 1.98. The molecule has 4 nitrogen and oxygen atoms in total. The van der Waals surface area contributed by atoms with Gasteiger partial charge in [-0.15, -0.1) is 0 Å². The molecule has 4 heteroatoms. The van der Waals surface area contributed by atoms with Crippen LogP contribution in [0, 0.1) is 0 Å². The lowest BCUT2D eigenvalue weighted by atomic mass is 10.1. The van der Waals surface area contributed by atoms with E-state index in [1.165, 1.54) is 5.56 Å². The van der Waals surface area contributed by atoms with Gasteiger partial charge in [0.25, 0.3) is 0 Å². The number of pyridine rings is 1. The number of nitrogens with one attached hydrogen (secondary N) is 1. The van der Waals surface area contributed by atoms with Crippen molar-refractivity contribution in [2.45, 2.75) is 32.4 Å². The molecular weight excluding hydrogens is 226 g/mol. The van der Waals surface area contributed by atoms with Crippen molar-refractivity contribution in [2.24, 2.45) is 0 Å². The lowest BCUT2D eigenvalue weighted by Gasteiger charge is -2.37. The molecule has 0 aromatic carbocycles. The van der Waals surface area contributed by atoms with Gasteiger partial charge < -0.3 is 15.0 Å². The van der Waals surface area contributed by atoms with Crippen LogP contribution in [0.15, 0.2) is 18.3 Å². The van der Waals surface area contributed by atoms with Crippen molar-refractivity contribution in [3.63, 3.8) is 0 Å². The number of hydrogen-bond acceptors (Lipinski definition) is 4. The second kappa shape index (κ2) is 6.16. The van der Waals surface area contributed by atoms with Crippen LogP contribution in [-0.2, 0) is 4.74 Å². The predicted octanol–water partition coefficient (Wildman–Crippen LogP) is 1.98. The van der Waals surface area contributed by atoms with E-state index in [9.17, 15) is 0 Å². The predicted molar refractivity (Wildman–Crippen MR) is 74.0 cm³/mol. The third kappa shape index (κ3) is 2.65. The van der Waals surface area contributed by atoms with E-state index in [-0.39, 0.29) is 0 Å². The SMILES string of the molecule is CCC1COCCN1c1ncccc1C(C)NC. The van der Waals surface area contributed by atoms with Crippen LogP contribution in [0.1, 0.15) is 31.9 Å². The maximum Gasteiger partial charge on any atom is 0.133 e. The highest BCUT2D eigenvalue weighted by atomic mass is 16.5. The van der Waals surface area contributed by atoms with Crippen molar-refractivity contribution < 1.29 is 4.74 Å². The van der Waals surface area contributed by atoms with Crippen LogP contribution in [-0.4, -0.2) is 37.8 Å². The Kier molecular flexibility index (Phi) is 4.55. The zero-order valence-electron chi connectivity index (χ0n) is 11.5. The number of morpholine rings is 1. The first-order valence-corrected chi connectivity index (χ1v) is 6.74. The zero-order valence-corrected chi connectivity index (χ0v) is 11.5. The highest BCUT2D eigenvalue weighted by Gasteiger charge is 2.25. The van der Waals surface area contributed by atoms with E-state index in [0.29, 0.717) is 12.1 Å². The fourth-order valence-electron chi connectivity index (χ4n) is 2.41. The molecule has 1 aliphatic heterocycles. The number of ether oxygens (including phenoxy) is 1. The Bertz CT molecular complexity index is 383. The van der Waals surface area contributed by atoms with Crippen molar-refractivity contribution in [3.05, 3.63) is 23.9 Å². The summed E-state index contributed by atoms with van der Waals surface area (Å²) in [6.45, 7) is 6.90. The van der Waals surface area contributed by atoms with Gasteiger partial charge in [0.2, 0.25) is 0 Å². The molecule has 1 N–H and O–H groups in total. The standard InChI is InChI=1S/C14H23N3O/c1-4-12-10-18-9-8-17(12)14-13(11(2)15-3)6-5-7-16-14/h5-7,11-12,15H,4,8-10H2,1-3H3. The molecule has 2 unspecified atom stereocenters. The molecule has 100 valence electrons. The molecule has 0 bridgehead atoms. The molecule has 1 aromatic rings. The van der Waals surface area contributed by atoms with E-state index in [4.69, 9.17) is 4.74 Å². The Morgan fingerprint density at radius 3 is 3.17 bits per heavy atom. The number of aromatic nitrogens is 1. The van der Waals surface area contributed by atoms with Gasteiger partial charge in [-0.05, 0) is 26.5 Å². The Morgan fingerprint density at radius 2 is 2.44 bits per heavy atom. The van der Waals surface area contributed by atoms with Crippen LogP contribution in [0.5, 0.6) is 0 Å². The lowest BCUT2D eigenvalue weighted by Crippen LogP contribution is -2.46. The largest absolute Gasteiger partial charge is 0.377 e. The third-order valence-corrected chi connectivity index (χ3v) is 3.69. The van der Waals surface area contributed by atoms with Gasteiger partial charge in [-0.3, -0.25) is 0 Å². The Labute approximate surface area is 109 Å². The molecule has 0 amide bonds. The summed E-state index contributed by atoms with van der Waals surface area (Å²) in [6, 6.07) is 4.92. The quantitative estimate of drug-likeness (QED) is 0.885. The summed E-state index contributed by atoms with van der Waals surface area (Å²) in [5, 5.41) is 3.30. The average Bonchev–Trinajstić information content (AvgIpc) is 2.46. The molecular formula is C14H23N3O. The first kappa shape index (κ1) is 13.3. The van der Waals surface area contributed by atoms with Crippen molar-refractivity contribution in [1.29, 1.82) is 0 Å². The van der Waals surface area contributed by atoms with E-state index in [0.717, 1.165) is 32.0 Å². The fraction of sp³-hybridized carbons (Fsp3) is 0.643. The summed E-state index contributed by atoms with van der Waals surface area (Å²) < 4.78 is 5.57. The van der Waals surface area contributed by atoms with Crippen LogP contribution in [0.2, 0.25) is 0 Å². The van der Waals surface area contributed by atoms with Crippen molar-refractivity contribution in [2.75, 3.05) is 31.7 Å². The molecule has 0 radical (unpaired) electrons. The number of nitrogens with zero attached hydrogens (tertiary/aromatic N) is 2. The second-order valence-corrected chi connectivity index (χ2v) is 4.76. The number of anilines is 1. The maximum atomic E-state index is 5.57. The van der Waals surface area contributed by atoms with Gasteiger partial charge in [0.15, 0.2) is 0 Å². The maximum absolute atomic E-state index is 5.57. The summed E-state index contributed by atoms with van der Waals surface area (Å²) in [5.74, 6) is 1.11. The second-order valence-electron chi connectivity index (χ2n) is 4.76. The summed E-state index contributed by atoms with van der Waals surface area (Å²) in [6.07, 6.45) is 2.97. The molecule has 1 aliphatic rings. The number of hydrogen-bond donors (Lipinski definition) is 1. The topological polar surface area (TPSA) is 37.4 Å². The first-order valence-electron chi connectivity index (χ1n) is 6.74. The highest BCUT2D eigenvalue weighted by Crippen LogP contribution is 2.27. The zero-order chi connectivity index (χ0) is 13.0. The van der Waals surface area contributed by atoms with Crippen LogP contribution in [0.25, 0.3) is 0 Å². The van der Waals surface area contributed by atoms with Crippen molar-refractivity contribution in [3.8, 4) is 0 Å². The van der Waals surface area contributed by atoms with Gasteiger partial charge in [-0.2, -0.15) is 0 Å². The minimum Gasteiger partial charge on any atom is -0.377 e. The molecule has 2 rings (SSSR count). The smallest absolute Gasteiger partial charge is 0.133 e. The van der Waals surface area contributed by atoms with Crippen LogP contribution < -0.4 is 10.2 Å². The van der Waals surface area contributed by atoms with E-state index >= 15 is 0 Å². The molecule has 0 spiro atoms. The lowest BCUT2D eigenvalue weighted by molar-refractivity contribution is 0.0924. The van der Waals surface area contributed by atoms with E-state index in [1.54, 1.807) is 0 Å². The van der Waals surface area contributed by atoms with Gasteiger partial charge in [0.1, 0.15) is 5.82 Å². The molecule has 2 atom stereocenters. The molecule has 2 heterocycles. The highest BCUT2D eigenvalue weighted by molar-refractivity contribution is 5.49. The van der Waals surface area contributed by atoms with E-state index < -0.39 is 0 Å². The molecule has 1 fully saturated rings. The minimum absolute atomic E-state index is 0.314. The van der Waals surface area contributed by atoms with Gasteiger partial charge in [-0.1, -0.05) is 13.0 Å². The fourth-order valence-corrected chi connectivity index (χ4v) is 2.41. The molecule has 0 saturated carbocycles. The van der Waals surface area contributed by atoms with Crippen molar-refractivity contribution >= 4 is 5.82 Å². The van der Waals surface area contributed by atoms with E-state index in [2.05, 4.69) is 35.1 Å². The monoisotopic (exact) mass is 249 g/mol. The van der Waals surface area contributed by atoms with Gasteiger partial charge >= 0.3 is 0 Å². The number of rotatable bonds is 4. The summed E-state index contributed by atoms with van der Waals surface area (Å²) in [4.78, 5) is 7.00. The van der Waals surface area contributed by atoms with Crippen molar-refractivity contribution in [1.82, 2.24) is 10.3 Å². The molecule has 1 saturated heterocycles. The normalized spacial score (nSPS) is 21.9. The average molecular weight is 249 g/mol. The van der Waals surface area contributed by atoms with Crippen LogP contribution in [0.3, 0.4) is 0 Å². The van der Waals surface area contributed by atoms with E-state index in [1.807, 2.05) is 19.3 Å². The van der Waals surface area contributed by atoms with Gasteiger partial charge in [-0.25, -0.2) is 4.98 Å². The molecule has 0 aliphatic carbocycles. The Morgan fingerprint density at radius 1 is 1.61 bits per heavy atom. The van der Waals surface area contributed by atoms with Gasteiger partial charge in [0.05, 0.1) is 19.3 Å². The Balaban J connectivity index is 2.30. The Hall–Kier alpha value is -1.13. The molecule has 18 heavy (non-hydrogen) atoms. The summed E-state index contributed by atoms with van der Waals surface area (Å²) >= 11 is 0. The van der Waals surface area contributed by atoms with Gasteiger partial charge in [0, 0.05) is 24.3 Å². The summed E-state index contributed by atoms with van der Waals surface area (Å²) in [5.41, 5.74) is 1.26. The molecule has 1 aromatic heterocycles. The van der Waals surface area contributed by atoms with Crippen LogP contribution >= 0.6 is 0 Å².